The van der Waals surface area contributed by atoms with Gasteiger partial charge in [0.25, 0.3) is 11.6 Å². The van der Waals surface area contributed by atoms with Crippen LogP contribution in [0.2, 0.25) is 0 Å². The van der Waals surface area contributed by atoms with Gasteiger partial charge in [-0.05, 0) is 44.5 Å². The minimum Gasteiger partial charge on any atom is -0.483 e. The number of benzene rings is 2. The smallest absolute Gasteiger partial charge is 0.269 e. The number of rotatable bonds is 6. The van der Waals surface area contributed by atoms with Crippen LogP contribution >= 0.6 is 0 Å². The van der Waals surface area contributed by atoms with Crippen molar-refractivity contribution in [3.8, 4) is 11.4 Å². The average molecular weight is 380 g/mol. The lowest BCUT2D eigenvalue weighted by molar-refractivity contribution is -0.384. The lowest BCUT2D eigenvalue weighted by Gasteiger charge is -2.11. The van der Waals surface area contributed by atoms with E-state index in [0.29, 0.717) is 22.9 Å². The van der Waals surface area contributed by atoms with Crippen molar-refractivity contribution in [2.75, 3.05) is 11.9 Å². The number of aromatic nitrogens is 2. The molecule has 1 aromatic heterocycles. The zero-order valence-corrected chi connectivity index (χ0v) is 15.8. The summed E-state index contributed by atoms with van der Waals surface area (Å²) >= 11 is 0. The molecule has 0 saturated carbocycles. The number of amides is 1. The first kappa shape index (κ1) is 19.1. The van der Waals surface area contributed by atoms with Gasteiger partial charge in [-0.25, -0.2) is 4.68 Å². The maximum atomic E-state index is 12.3. The van der Waals surface area contributed by atoms with Gasteiger partial charge in [0.05, 0.1) is 16.3 Å². The molecule has 1 N–H and O–H groups in total. The van der Waals surface area contributed by atoms with Crippen molar-refractivity contribution in [2.45, 2.75) is 20.8 Å². The Labute approximate surface area is 161 Å². The van der Waals surface area contributed by atoms with Crippen molar-refractivity contribution in [1.29, 1.82) is 0 Å². The highest BCUT2D eigenvalue weighted by Gasteiger charge is 2.13. The molecule has 0 radical (unpaired) electrons. The van der Waals surface area contributed by atoms with E-state index >= 15 is 0 Å². The molecular formula is C20H20N4O4. The predicted octanol–water partition coefficient (Wildman–Crippen LogP) is 3.72. The summed E-state index contributed by atoms with van der Waals surface area (Å²) in [5, 5.41) is 17.9. The molecular weight excluding hydrogens is 360 g/mol. The zero-order valence-electron chi connectivity index (χ0n) is 15.8. The Morgan fingerprint density at radius 1 is 1.14 bits per heavy atom. The molecule has 0 atom stereocenters. The van der Waals surface area contributed by atoms with Crippen LogP contribution in [0, 0.1) is 30.9 Å². The van der Waals surface area contributed by atoms with Crippen molar-refractivity contribution in [1.82, 2.24) is 9.78 Å². The topological polar surface area (TPSA) is 99.3 Å². The second-order valence-electron chi connectivity index (χ2n) is 6.46. The van der Waals surface area contributed by atoms with Crippen LogP contribution in [-0.2, 0) is 4.79 Å². The van der Waals surface area contributed by atoms with Gasteiger partial charge in [-0.1, -0.05) is 17.7 Å². The molecule has 144 valence electrons. The minimum atomic E-state index is -0.467. The third-order valence-corrected chi connectivity index (χ3v) is 4.09. The Balaban J connectivity index is 1.72. The van der Waals surface area contributed by atoms with Crippen LogP contribution in [0.25, 0.3) is 5.69 Å². The third-order valence-electron chi connectivity index (χ3n) is 4.09. The summed E-state index contributed by atoms with van der Waals surface area (Å²) in [6.45, 7) is 5.57. The standard InChI is InChI=1S/C20H20N4O4/c1-13-4-9-18(14(2)10-13)28-12-20(25)21-19-11-15(3)22-23(19)16-5-7-17(8-6-16)24(26)27/h4-11H,12H2,1-3H3,(H,21,25). The minimum absolute atomic E-state index is 0.0138. The molecule has 28 heavy (non-hydrogen) atoms. The molecule has 2 aromatic carbocycles. The summed E-state index contributed by atoms with van der Waals surface area (Å²) in [7, 11) is 0. The second-order valence-corrected chi connectivity index (χ2v) is 6.46. The molecule has 3 aromatic rings. The van der Waals surface area contributed by atoms with Crippen molar-refractivity contribution in [2.24, 2.45) is 0 Å². The lowest BCUT2D eigenvalue weighted by atomic mass is 10.1. The monoisotopic (exact) mass is 380 g/mol. The Morgan fingerprint density at radius 3 is 2.50 bits per heavy atom. The molecule has 0 aliphatic heterocycles. The molecule has 1 amide bonds. The number of carbonyl (C=O) groups excluding carboxylic acids is 1. The van der Waals surface area contributed by atoms with Crippen LogP contribution in [0.1, 0.15) is 16.8 Å². The molecule has 8 nitrogen and oxygen atoms in total. The van der Waals surface area contributed by atoms with Crippen LogP contribution in [0.4, 0.5) is 11.5 Å². The number of ether oxygens (including phenoxy) is 1. The maximum Gasteiger partial charge on any atom is 0.269 e. The zero-order chi connectivity index (χ0) is 20.3. The Bertz CT molecular complexity index is 1030. The summed E-state index contributed by atoms with van der Waals surface area (Å²) in [6.07, 6.45) is 0. The first-order valence-corrected chi connectivity index (χ1v) is 8.65. The van der Waals surface area contributed by atoms with E-state index in [1.165, 1.54) is 16.8 Å². The Kier molecular flexibility index (Phi) is 5.39. The summed E-state index contributed by atoms with van der Waals surface area (Å²) in [4.78, 5) is 22.7. The predicted molar refractivity (Wildman–Crippen MR) is 105 cm³/mol. The third kappa shape index (κ3) is 4.35. The normalized spacial score (nSPS) is 10.5. The highest BCUT2D eigenvalue weighted by atomic mass is 16.6. The van der Waals surface area contributed by atoms with Gasteiger partial charge in [0.2, 0.25) is 0 Å². The maximum absolute atomic E-state index is 12.3. The fourth-order valence-electron chi connectivity index (χ4n) is 2.78. The molecule has 0 saturated heterocycles. The Morgan fingerprint density at radius 2 is 1.86 bits per heavy atom. The number of nitrogens with zero attached hydrogens (tertiary/aromatic N) is 3. The van der Waals surface area contributed by atoms with Gasteiger partial charge in [-0.15, -0.1) is 0 Å². The van der Waals surface area contributed by atoms with E-state index in [-0.39, 0.29) is 18.2 Å². The van der Waals surface area contributed by atoms with Gasteiger partial charge in [-0.3, -0.25) is 14.9 Å². The number of non-ortho nitro benzene ring substituents is 1. The van der Waals surface area contributed by atoms with E-state index in [9.17, 15) is 14.9 Å². The number of hydrogen-bond donors (Lipinski definition) is 1. The van der Waals surface area contributed by atoms with Crippen molar-refractivity contribution < 1.29 is 14.5 Å². The number of carbonyl (C=O) groups is 1. The van der Waals surface area contributed by atoms with E-state index < -0.39 is 4.92 Å². The van der Waals surface area contributed by atoms with Crippen molar-refractivity contribution in [3.05, 3.63) is 75.5 Å². The fraction of sp³-hybridized carbons (Fsp3) is 0.200. The number of hydrogen-bond acceptors (Lipinski definition) is 5. The van der Waals surface area contributed by atoms with Crippen LogP contribution < -0.4 is 10.1 Å². The number of nitrogens with one attached hydrogen (secondary N) is 1. The second kappa shape index (κ2) is 7.91. The van der Waals surface area contributed by atoms with E-state index in [1.807, 2.05) is 32.0 Å². The largest absolute Gasteiger partial charge is 0.483 e. The summed E-state index contributed by atoms with van der Waals surface area (Å²) < 4.78 is 7.13. The average Bonchev–Trinajstić information content (AvgIpc) is 3.01. The van der Waals surface area contributed by atoms with E-state index in [4.69, 9.17) is 4.74 Å². The molecule has 0 unspecified atom stereocenters. The number of nitro benzene ring substituents is 1. The quantitative estimate of drug-likeness (QED) is 0.519. The number of anilines is 1. The van der Waals surface area contributed by atoms with Gasteiger partial charge in [0.15, 0.2) is 6.61 Å². The lowest BCUT2D eigenvalue weighted by Crippen LogP contribution is -2.22. The molecule has 1 heterocycles. The molecule has 0 aliphatic carbocycles. The SMILES string of the molecule is Cc1ccc(OCC(=O)Nc2cc(C)nn2-c2ccc([N+](=O)[O-])cc2)c(C)c1. The van der Waals surface area contributed by atoms with Gasteiger partial charge in [0.1, 0.15) is 11.6 Å². The molecule has 0 bridgehead atoms. The first-order valence-electron chi connectivity index (χ1n) is 8.65. The van der Waals surface area contributed by atoms with E-state index in [0.717, 1.165) is 11.1 Å². The molecule has 0 fully saturated rings. The van der Waals surface area contributed by atoms with Crippen LogP contribution in [0.3, 0.4) is 0 Å². The summed E-state index contributed by atoms with van der Waals surface area (Å²) in [5.74, 6) is 0.782. The molecule has 3 rings (SSSR count). The highest BCUT2D eigenvalue weighted by molar-refractivity contribution is 5.91. The van der Waals surface area contributed by atoms with Crippen LogP contribution in [-0.4, -0.2) is 27.2 Å². The first-order chi connectivity index (χ1) is 13.3. The van der Waals surface area contributed by atoms with Gasteiger partial charge < -0.3 is 10.1 Å². The van der Waals surface area contributed by atoms with E-state index in [1.54, 1.807) is 25.1 Å². The molecule has 0 aliphatic rings. The number of nitro groups is 1. The molecule has 0 spiro atoms. The Hall–Kier alpha value is -3.68. The van der Waals surface area contributed by atoms with Crippen LogP contribution in [0.5, 0.6) is 5.75 Å². The van der Waals surface area contributed by atoms with Crippen molar-refractivity contribution in [3.63, 3.8) is 0 Å². The summed E-state index contributed by atoms with van der Waals surface area (Å²) in [5.41, 5.74) is 3.37. The molecule has 8 heteroatoms. The van der Waals surface area contributed by atoms with Gasteiger partial charge >= 0.3 is 0 Å². The summed E-state index contributed by atoms with van der Waals surface area (Å²) in [6, 6.07) is 13.4. The van der Waals surface area contributed by atoms with Crippen LogP contribution in [0.15, 0.2) is 48.5 Å². The van der Waals surface area contributed by atoms with E-state index in [2.05, 4.69) is 10.4 Å². The fourth-order valence-corrected chi connectivity index (χ4v) is 2.78. The van der Waals surface area contributed by atoms with Crippen molar-refractivity contribution >= 4 is 17.4 Å². The number of aryl methyl sites for hydroxylation is 3. The van der Waals surface area contributed by atoms with Gasteiger partial charge in [-0.2, -0.15) is 5.10 Å². The highest BCUT2D eigenvalue weighted by Crippen LogP contribution is 2.21. The van der Waals surface area contributed by atoms with Gasteiger partial charge in [0, 0.05) is 18.2 Å².